The van der Waals surface area contributed by atoms with Gasteiger partial charge in [-0.3, -0.25) is 4.79 Å². The van der Waals surface area contributed by atoms with Crippen LogP contribution in [0, 0.1) is 0 Å². The summed E-state index contributed by atoms with van der Waals surface area (Å²) >= 11 is 1.31. The molecule has 0 amide bonds. The average Bonchev–Trinajstić information content (AvgIpc) is 2.39. The molecule has 0 radical (unpaired) electrons. The van der Waals surface area contributed by atoms with Gasteiger partial charge in [0.25, 0.3) is 0 Å². The second-order valence-electron chi connectivity index (χ2n) is 5.30. The fraction of sp³-hybridized carbons (Fsp3) is 0.600. The van der Waals surface area contributed by atoms with Crippen molar-refractivity contribution >= 4 is 11.3 Å². The Morgan fingerprint density at radius 3 is 3.11 bits per heavy atom. The molecule has 0 fully saturated rings. The van der Waals surface area contributed by atoms with E-state index in [1.807, 2.05) is 10.6 Å². The van der Waals surface area contributed by atoms with Crippen molar-refractivity contribution in [1.29, 1.82) is 0 Å². The van der Waals surface area contributed by atoms with Crippen LogP contribution in [0.2, 0.25) is 0 Å². The zero-order valence-corrected chi connectivity index (χ0v) is 12.3. The first-order valence-corrected chi connectivity index (χ1v) is 7.83. The van der Waals surface area contributed by atoms with E-state index in [2.05, 4.69) is 13.5 Å². The maximum atomic E-state index is 11.7. The molecule has 0 saturated carbocycles. The molecular weight excluding hydrogens is 258 g/mol. The molecule has 104 valence electrons. The normalized spacial score (nSPS) is 21.9. The monoisotopic (exact) mass is 280 g/mol. The molecule has 1 aromatic rings. The molecule has 19 heavy (non-hydrogen) atoms. The second kappa shape index (κ2) is 5.87. The summed E-state index contributed by atoms with van der Waals surface area (Å²) in [4.78, 5) is 11.7. The SMILES string of the molecule is C=CCCCC1(CC)CCC[n+]2c(O)cc(=O)sc21. The fourth-order valence-electron chi connectivity index (χ4n) is 3.08. The lowest BCUT2D eigenvalue weighted by molar-refractivity contribution is -0.716. The Kier molecular flexibility index (Phi) is 4.40. The largest absolute Gasteiger partial charge is 0.460 e. The predicted octanol–water partition coefficient (Wildman–Crippen LogP) is 2.90. The second-order valence-corrected chi connectivity index (χ2v) is 6.29. The van der Waals surface area contributed by atoms with Gasteiger partial charge in [-0.05, 0) is 43.4 Å². The number of aromatic hydroxyl groups is 1. The van der Waals surface area contributed by atoms with E-state index in [0.717, 1.165) is 50.1 Å². The highest BCUT2D eigenvalue weighted by atomic mass is 32.1. The van der Waals surface area contributed by atoms with Crippen molar-refractivity contribution in [3.8, 4) is 5.88 Å². The lowest BCUT2D eigenvalue weighted by atomic mass is 9.75. The lowest BCUT2D eigenvalue weighted by Crippen LogP contribution is -2.50. The minimum atomic E-state index is -0.0489. The number of nitrogens with zero attached hydrogens (tertiary/aromatic N) is 1. The molecule has 1 aromatic heterocycles. The van der Waals surface area contributed by atoms with Crippen molar-refractivity contribution in [3.05, 3.63) is 33.3 Å². The Morgan fingerprint density at radius 1 is 1.63 bits per heavy atom. The molecule has 0 spiro atoms. The molecule has 3 nitrogen and oxygen atoms in total. The topological polar surface area (TPSA) is 41.2 Å². The van der Waals surface area contributed by atoms with Crippen molar-refractivity contribution in [1.82, 2.24) is 0 Å². The zero-order valence-electron chi connectivity index (χ0n) is 11.5. The molecule has 1 aliphatic rings. The number of hydrogen-bond acceptors (Lipinski definition) is 3. The minimum Gasteiger partial charge on any atom is -0.460 e. The van der Waals surface area contributed by atoms with Gasteiger partial charge in [0.15, 0.2) is 6.54 Å². The Hall–Kier alpha value is -1.16. The van der Waals surface area contributed by atoms with Gasteiger partial charge in [-0.2, -0.15) is 4.57 Å². The zero-order chi connectivity index (χ0) is 13.9. The van der Waals surface area contributed by atoms with E-state index < -0.39 is 0 Å². The molecule has 4 heteroatoms. The molecule has 0 saturated heterocycles. The molecule has 1 unspecified atom stereocenters. The van der Waals surface area contributed by atoms with E-state index in [9.17, 15) is 9.90 Å². The summed E-state index contributed by atoms with van der Waals surface area (Å²) in [5, 5.41) is 11.1. The van der Waals surface area contributed by atoms with Crippen LogP contribution in [0.15, 0.2) is 23.5 Å². The number of unbranched alkanes of at least 4 members (excludes halogenated alkanes) is 1. The van der Waals surface area contributed by atoms with Gasteiger partial charge < -0.3 is 5.11 Å². The number of rotatable bonds is 5. The quantitative estimate of drug-likeness (QED) is 0.512. The van der Waals surface area contributed by atoms with Crippen molar-refractivity contribution < 1.29 is 9.67 Å². The van der Waals surface area contributed by atoms with Crippen LogP contribution >= 0.6 is 11.3 Å². The van der Waals surface area contributed by atoms with E-state index in [4.69, 9.17) is 0 Å². The smallest absolute Gasteiger partial charge is 0.371 e. The van der Waals surface area contributed by atoms with E-state index in [1.165, 1.54) is 17.4 Å². The van der Waals surface area contributed by atoms with E-state index >= 15 is 0 Å². The first kappa shape index (κ1) is 14.3. The minimum absolute atomic E-state index is 0.0489. The first-order valence-electron chi connectivity index (χ1n) is 7.01. The highest BCUT2D eigenvalue weighted by Crippen LogP contribution is 2.40. The van der Waals surface area contributed by atoms with Crippen molar-refractivity contribution in [3.63, 3.8) is 0 Å². The molecule has 1 N–H and O–H groups in total. The van der Waals surface area contributed by atoms with Crippen molar-refractivity contribution in [2.45, 2.75) is 57.4 Å². The molecule has 2 heterocycles. The number of allylic oxidation sites excluding steroid dienone is 1. The van der Waals surface area contributed by atoms with Crippen molar-refractivity contribution in [2.75, 3.05) is 0 Å². The van der Waals surface area contributed by atoms with Crippen LogP contribution in [0.3, 0.4) is 0 Å². The highest BCUT2D eigenvalue weighted by molar-refractivity contribution is 7.08. The third-order valence-electron chi connectivity index (χ3n) is 4.20. The Morgan fingerprint density at radius 2 is 2.42 bits per heavy atom. The standard InChI is InChI=1S/C15H21NO2S/c1-3-5-6-8-15(4-2)9-7-10-16-12(17)11-13(18)19-14(15)16/h3,11H,1,4-10H2,2H3/p+1. The molecule has 2 rings (SSSR count). The number of hydrogen-bond donors (Lipinski definition) is 1. The van der Waals surface area contributed by atoms with E-state index in [0.29, 0.717) is 0 Å². The van der Waals surface area contributed by atoms with Crippen LogP contribution in [-0.4, -0.2) is 5.11 Å². The summed E-state index contributed by atoms with van der Waals surface area (Å²) in [5.74, 6) is 0.125. The van der Waals surface area contributed by atoms with Crippen molar-refractivity contribution in [2.24, 2.45) is 0 Å². The Labute approximate surface area is 118 Å². The third kappa shape index (κ3) is 2.73. The Bertz CT molecular complexity index is 523. The molecule has 0 aromatic carbocycles. The van der Waals surface area contributed by atoms with Gasteiger partial charge in [0.2, 0.25) is 9.75 Å². The van der Waals surface area contributed by atoms with Crippen LogP contribution in [-0.2, 0) is 12.0 Å². The maximum absolute atomic E-state index is 11.7. The van der Waals surface area contributed by atoms with Gasteiger partial charge in [-0.15, -0.1) is 6.58 Å². The molecule has 0 aliphatic carbocycles. The average molecular weight is 280 g/mol. The molecule has 1 atom stereocenters. The first-order chi connectivity index (χ1) is 9.13. The van der Waals surface area contributed by atoms with Crippen LogP contribution in [0.25, 0.3) is 0 Å². The maximum Gasteiger partial charge on any atom is 0.371 e. The Balaban J connectivity index is 2.43. The number of fused-ring (bicyclic) bond motifs is 1. The van der Waals surface area contributed by atoms with Gasteiger partial charge in [0.1, 0.15) is 6.07 Å². The van der Waals surface area contributed by atoms with Gasteiger partial charge in [0, 0.05) is 6.42 Å². The van der Waals surface area contributed by atoms with Gasteiger partial charge >= 0.3 is 5.88 Å². The lowest BCUT2D eigenvalue weighted by Gasteiger charge is -2.32. The van der Waals surface area contributed by atoms with Gasteiger partial charge in [-0.1, -0.05) is 13.0 Å². The summed E-state index contributed by atoms with van der Waals surface area (Å²) in [6.45, 7) is 6.78. The summed E-state index contributed by atoms with van der Waals surface area (Å²) in [6.07, 6.45) is 8.31. The van der Waals surface area contributed by atoms with Crippen LogP contribution in [0.5, 0.6) is 5.88 Å². The summed E-state index contributed by atoms with van der Waals surface area (Å²) < 4.78 is 1.89. The van der Waals surface area contributed by atoms with E-state index in [-0.39, 0.29) is 16.0 Å². The van der Waals surface area contributed by atoms with Gasteiger partial charge in [-0.25, -0.2) is 0 Å². The van der Waals surface area contributed by atoms with Crippen LogP contribution in [0.1, 0.15) is 50.5 Å². The molecule has 1 aliphatic heterocycles. The fourth-order valence-corrected chi connectivity index (χ4v) is 4.30. The highest BCUT2D eigenvalue weighted by Gasteiger charge is 2.43. The van der Waals surface area contributed by atoms with E-state index in [1.54, 1.807) is 0 Å². The van der Waals surface area contributed by atoms with Gasteiger partial charge in [0.05, 0.1) is 5.41 Å². The molecule has 0 bridgehead atoms. The summed E-state index contributed by atoms with van der Waals surface area (Å²) in [7, 11) is 0. The number of aromatic nitrogens is 1. The summed E-state index contributed by atoms with van der Waals surface area (Å²) in [5.41, 5.74) is 0.0594. The third-order valence-corrected chi connectivity index (χ3v) is 5.36. The van der Waals surface area contributed by atoms with Crippen LogP contribution in [0.4, 0.5) is 0 Å². The molecular formula is C15H22NO2S+. The summed E-state index contributed by atoms with van der Waals surface area (Å²) in [6, 6.07) is 1.34. The van der Waals surface area contributed by atoms with Crippen LogP contribution < -0.4 is 9.31 Å². The predicted molar refractivity (Wildman–Crippen MR) is 77.7 cm³/mol.